The zero-order chi connectivity index (χ0) is 17.4. The molecule has 0 radical (unpaired) electrons. The quantitative estimate of drug-likeness (QED) is 0.479. The highest BCUT2D eigenvalue weighted by molar-refractivity contribution is 7.91. The molecule has 1 aliphatic rings. The minimum Gasteiger partial charge on any atom is -0.353 e. The normalized spacial score (nSPS) is 18.0. The zero-order valence-corrected chi connectivity index (χ0v) is 15.7. The van der Waals surface area contributed by atoms with E-state index in [0.29, 0.717) is 19.1 Å². The average Bonchev–Trinajstić information content (AvgIpc) is 2.97. The lowest BCUT2D eigenvalue weighted by Gasteiger charge is -2.17. The first-order chi connectivity index (χ1) is 11.5. The summed E-state index contributed by atoms with van der Waals surface area (Å²) >= 11 is 1.13. The summed E-state index contributed by atoms with van der Waals surface area (Å²) in [5.41, 5.74) is 0. The van der Waals surface area contributed by atoms with Gasteiger partial charge in [0, 0.05) is 19.1 Å². The van der Waals surface area contributed by atoms with Crippen molar-refractivity contribution in [2.45, 2.75) is 61.7 Å². The Morgan fingerprint density at radius 1 is 1.25 bits per heavy atom. The molecule has 24 heavy (non-hydrogen) atoms. The van der Waals surface area contributed by atoms with Crippen molar-refractivity contribution in [3.8, 4) is 0 Å². The predicted octanol–water partition coefficient (Wildman–Crippen LogP) is 1.84. The van der Waals surface area contributed by atoms with Gasteiger partial charge in [-0.15, -0.1) is 11.3 Å². The fourth-order valence-electron chi connectivity index (χ4n) is 2.86. The number of carbonyl (C=O) groups is 1. The minimum atomic E-state index is -3.62. The summed E-state index contributed by atoms with van der Waals surface area (Å²) in [6.45, 7) is 2.76. The molecule has 1 aromatic rings. The smallest absolute Gasteiger partial charge is 0.250 e. The molecule has 136 valence electrons. The fourth-order valence-corrected chi connectivity index (χ4v) is 5.07. The Bertz CT molecular complexity index is 594. The van der Waals surface area contributed by atoms with Crippen LogP contribution in [0.25, 0.3) is 0 Å². The van der Waals surface area contributed by atoms with Crippen molar-refractivity contribution in [3.63, 3.8) is 0 Å². The second-order valence-corrected chi connectivity index (χ2v) is 9.10. The summed E-state index contributed by atoms with van der Waals surface area (Å²) in [4.78, 5) is 12.0. The number of thiophene rings is 1. The molecule has 0 saturated heterocycles. The lowest BCUT2D eigenvalue weighted by atomic mass is 10.1. The highest BCUT2D eigenvalue weighted by Crippen LogP contribution is 2.17. The van der Waals surface area contributed by atoms with Crippen molar-refractivity contribution in [1.29, 1.82) is 0 Å². The van der Waals surface area contributed by atoms with Crippen LogP contribution in [0.5, 0.6) is 0 Å². The van der Waals surface area contributed by atoms with Gasteiger partial charge in [-0.2, -0.15) is 4.72 Å². The van der Waals surface area contributed by atoms with E-state index in [1.54, 1.807) is 18.4 Å². The van der Waals surface area contributed by atoms with Crippen molar-refractivity contribution in [2.75, 3.05) is 13.1 Å². The standard InChI is InChI=1S/C16H27N3O3S2/c1-13(19-24(21,22)15-9-6-12-23-15)16(20)18-11-10-17-14-7-4-2-3-5-8-14/h6,9,12-14,17,19H,2-5,7-8,10-11H2,1H3,(H,18,20). The lowest BCUT2D eigenvalue weighted by molar-refractivity contribution is -0.122. The molecule has 0 bridgehead atoms. The molecule has 1 aliphatic carbocycles. The Balaban J connectivity index is 1.68. The zero-order valence-electron chi connectivity index (χ0n) is 14.1. The molecule has 1 amide bonds. The van der Waals surface area contributed by atoms with Gasteiger partial charge in [0.15, 0.2) is 0 Å². The molecule has 8 heteroatoms. The maximum absolute atomic E-state index is 12.1. The van der Waals surface area contributed by atoms with Gasteiger partial charge in [0.1, 0.15) is 4.21 Å². The van der Waals surface area contributed by atoms with Crippen LogP contribution in [0.15, 0.2) is 21.7 Å². The number of carbonyl (C=O) groups excluding carboxylic acids is 1. The number of hydrogen-bond acceptors (Lipinski definition) is 5. The maximum Gasteiger partial charge on any atom is 0.250 e. The molecule has 1 saturated carbocycles. The van der Waals surface area contributed by atoms with Gasteiger partial charge in [-0.3, -0.25) is 4.79 Å². The third-order valence-electron chi connectivity index (χ3n) is 4.20. The molecule has 1 unspecified atom stereocenters. The van der Waals surface area contributed by atoms with E-state index >= 15 is 0 Å². The van der Waals surface area contributed by atoms with Crippen LogP contribution in [0, 0.1) is 0 Å². The van der Waals surface area contributed by atoms with E-state index in [-0.39, 0.29) is 10.1 Å². The third-order valence-corrected chi connectivity index (χ3v) is 7.14. The minimum absolute atomic E-state index is 0.220. The van der Waals surface area contributed by atoms with E-state index in [4.69, 9.17) is 0 Å². The molecule has 1 aromatic heterocycles. The first-order valence-corrected chi connectivity index (χ1v) is 10.9. The molecule has 1 heterocycles. The van der Waals surface area contributed by atoms with Crippen LogP contribution >= 0.6 is 11.3 Å². The van der Waals surface area contributed by atoms with Crippen molar-refractivity contribution in [3.05, 3.63) is 17.5 Å². The molecule has 3 N–H and O–H groups in total. The third kappa shape index (κ3) is 6.16. The Labute approximate surface area is 148 Å². The van der Waals surface area contributed by atoms with Crippen molar-refractivity contribution in [2.24, 2.45) is 0 Å². The van der Waals surface area contributed by atoms with Gasteiger partial charge in [0.25, 0.3) is 10.0 Å². The van der Waals surface area contributed by atoms with Crippen molar-refractivity contribution >= 4 is 27.3 Å². The van der Waals surface area contributed by atoms with Crippen LogP contribution in [-0.4, -0.2) is 39.5 Å². The summed E-state index contributed by atoms with van der Waals surface area (Å²) in [5.74, 6) is -0.308. The Kier molecular flexibility index (Phi) is 7.67. The molecule has 0 aliphatic heterocycles. The SMILES string of the molecule is CC(NS(=O)(=O)c1cccs1)C(=O)NCCNC1CCCCCC1. The van der Waals surface area contributed by atoms with E-state index in [9.17, 15) is 13.2 Å². The van der Waals surface area contributed by atoms with Gasteiger partial charge in [-0.05, 0) is 31.2 Å². The Morgan fingerprint density at radius 2 is 1.96 bits per heavy atom. The lowest BCUT2D eigenvalue weighted by Crippen LogP contribution is -2.46. The number of hydrogen-bond donors (Lipinski definition) is 3. The highest BCUT2D eigenvalue weighted by Gasteiger charge is 2.22. The topological polar surface area (TPSA) is 87.3 Å². The van der Waals surface area contributed by atoms with Gasteiger partial charge in [0.05, 0.1) is 6.04 Å². The van der Waals surface area contributed by atoms with E-state index in [1.165, 1.54) is 44.6 Å². The van der Waals surface area contributed by atoms with Crippen LogP contribution < -0.4 is 15.4 Å². The van der Waals surface area contributed by atoms with E-state index in [1.807, 2.05) is 0 Å². The van der Waals surface area contributed by atoms with E-state index in [0.717, 1.165) is 11.3 Å². The Hall–Kier alpha value is -0.960. The fraction of sp³-hybridized carbons (Fsp3) is 0.688. The van der Waals surface area contributed by atoms with Crippen LogP contribution in [-0.2, 0) is 14.8 Å². The van der Waals surface area contributed by atoms with Crippen molar-refractivity contribution in [1.82, 2.24) is 15.4 Å². The number of nitrogens with one attached hydrogen (secondary N) is 3. The van der Waals surface area contributed by atoms with Gasteiger partial charge in [0.2, 0.25) is 5.91 Å². The molecule has 1 fully saturated rings. The van der Waals surface area contributed by atoms with Crippen LogP contribution in [0.2, 0.25) is 0 Å². The summed E-state index contributed by atoms with van der Waals surface area (Å²) in [7, 11) is -3.62. The summed E-state index contributed by atoms with van der Waals surface area (Å²) < 4.78 is 26.8. The van der Waals surface area contributed by atoms with E-state index < -0.39 is 16.1 Å². The predicted molar refractivity (Wildman–Crippen MR) is 96.6 cm³/mol. The first kappa shape index (κ1) is 19.4. The summed E-state index contributed by atoms with van der Waals surface area (Å²) in [6, 6.07) is 2.94. The molecule has 0 spiro atoms. The molecule has 1 atom stereocenters. The molecular formula is C16H27N3O3S2. The van der Waals surface area contributed by atoms with Crippen LogP contribution in [0.4, 0.5) is 0 Å². The van der Waals surface area contributed by atoms with Crippen LogP contribution in [0.3, 0.4) is 0 Å². The van der Waals surface area contributed by atoms with Gasteiger partial charge < -0.3 is 10.6 Å². The molecular weight excluding hydrogens is 346 g/mol. The summed E-state index contributed by atoms with van der Waals surface area (Å²) in [6.07, 6.45) is 7.57. The second kappa shape index (κ2) is 9.50. The van der Waals surface area contributed by atoms with Crippen LogP contribution in [0.1, 0.15) is 45.4 Å². The average molecular weight is 374 g/mol. The number of rotatable bonds is 8. The van der Waals surface area contributed by atoms with Gasteiger partial charge >= 0.3 is 0 Å². The maximum atomic E-state index is 12.1. The van der Waals surface area contributed by atoms with Gasteiger partial charge in [-0.1, -0.05) is 31.7 Å². The molecule has 2 rings (SSSR count). The van der Waals surface area contributed by atoms with Crippen molar-refractivity contribution < 1.29 is 13.2 Å². The first-order valence-electron chi connectivity index (χ1n) is 8.56. The largest absolute Gasteiger partial charge is 0.353 e. The number of sulfonamides is 1. The highest BCUT2D eigenvalue weighted by atomic mass is 32.2. The number of amides is 1. The Morgan fingerprint density at radius 3 is 2.58 bits per heavy atom. The van der Waals surface area contributed by atoms with E-state index in [2.05, 4.69) is 15.4 Å². The van der Waals surface area contributed by atoms with Gasteiger partial charge in [-0.25, -0.2) is 8.42 Å². The monoisotopic (exact) mass is 373 g/mol. The second-order valence-electron chi connectivity index (χ2n) is 6.21. The molecule has 0 aromatic carbocycles. The summed E-state index contributed by atoms with van der Waals surface area (Å²) in [5, 5.41) is 7.95. The molecule has 6 nitrogen and oxygen atoms in total.